The molecule has 1 aliphatic heterocycles. The van der Waals surface area contributed by atoms with E-state index in [2.05, 4.69) is 20.9 Å². The zero-order chi connectivity index (χ0) is 18.9. The largest absolute Gasteiger partial charge is 0.379 e. The lowest BCUT2D eigenvalue weighted by Crippen LogP contribution is -2.39. The number of amides is 3. The van der Waals surface area contributed by atoms with Crippen molar-refractivity contribution < 1.29 is 14.3 Å². The molecule has 7 nitrogen and oxygen atoms in total. The number of morpholine rings is 1. The summed E-state index contributed by atoms with van der Waals surface area (Å²) < 4.78 is 5.32. The molecule has 1 saturated carbocycles. The maximum atomic E-state index is 12.0. The summed E-state index contributed by atoms with van der Waals surface area (Å²) in [7, 11) is 0. The molecule has 1 aliphatic carbocycles. The van der Waals surface area contributed by atoms with E-state index >= 15 is 0 Å². The molecule has 0 radical (unpaired) electrons. The molecule has 0 spiro atoms. The lowest BCUT2D eigenvalue weighted by atomic mass is 9.85. The minimum atomic E-state index is -0.166. The summed E-state index contributed by atoms with van der Waals surface area (Å²) in [6.45, 7) is 5.61. The van der Waals surface area contributed by atoms with Crippen LogP contribution in [0.3, 0.4) is 0 Å². The van der Waals surface area contributed by atoms with Gasteiger partial charge in [-0.15, -0.1) is 0 Å². The van der Waals surface area contributed by atoms with E-state index < -0.39 is 0 Å². The van der Waals surface area contributed by atoms with Crippen molar-refractivity contribution in [2.75, 3.05) is 44.7 Å². The number of nitrogens with zero attached hydrogens (tertiary/aromatic N) is 1. The van der Waals surface area contributed by atoms with E-state index in [1.54, 1.807) is 0 Å². The van der Waals surface area contributed by atoms with Crippen molar-refractivity contribution in [1.82, 2.24) is 15.5 Å². The SMILES string of the molecule is O=C(NCCCN1CCOCC1)NCc1cccc(NC(=O)C2CCC2)c1. The van der Waals surface area contributed by atoms with Gasteiger partial charge in [0.1, 0.15) is 0 Å². The van der Waals surface area contributed by atoms with Crippen LogP contribution in [0, 0.1) is 5.92 Å². The van der Waals surface area contributed by atoms with E-state index in [0.717, 1.165) is 69.8 Å². The van der Waals surface area contributed by atoms with Crippen molar-refractivity contribution >= 4 is 17.6 Å². The van der Waals surface area contributed by atoms with E-state index in [1.807, 2.05) is 24.3 Å². The third-order valence-corrected chi connectivity index (χ3v) is 5.16. The van der Waals surface area contributed by atoms with Gasteiger partial charge in [0.25, 0.3) is 0 Å². The van der Waals surface area contributed by atoms with Gasteiger partial charge < -0.3 is 20.7 Å². The lowest BCUT2D eigenvalue weighted by molar-refractivity contribution is -0.122. The van der Waals surface area contributed by atoms with Crippen molar-refractivity contribution in [2.45, 2.75) is 32.2 Å². The summed E-state index contributed by atoms with van der Waals surface area (Å²) in [4.78, 5) is 26.3. The molecular formula is C20H30N4O3. The molecule has 3 rings (SSSR count). The number of hydrogen-bond donors (Lipinski definition) is 3. The molecule has 3 N–H and O–H groups in total. The van der Waals surface area contributed by atoms with Crippen LogP contribution in [0.15, 0.2) is 24.3 Å². The zero-order valence-electron chi connectivity index (χ0n) is 15.8. The van der Waals surface area contributed by atoms with Crippen molar-refractivity contribution in [3.8, 4) is 0 Å². The van der Waals surface area contributed by atoms with Crippen LogP contribution in [0.25, 0.3) is 0 Å². The molecule has 1 aromatic rings. The Labute approximate surface area is 160 Å². The molecule has 2 aliphatic rings. The van der Waals surface area contributed by atoms with Crippen LogP contribution in [0.1, 0.15) is 31.2 Å². The zero-order valence-corrected chi connectivity index (χ0v) is 15.8. The van der Waals surface area contributed by atoms with Crippen LogP contribution in [0.5, 0.6) is 0 Å². The van der Waals surface area contributed by atoms with E-state index in [9.17, 15) is 9.59 Å². The Morgan fingerprint density at radius 3 is 2.70 bits per heavy atom. The Morgan fingerprint density at radius 2 is 1.96 bits per heavy atom. The number of hydrogen-bond acceptors (Lipinski definition) is 4. The topological polar surface area (TPSA) is 82.7 Å². The number of benzene rings is 1. The van der Waals surface area contributed by atoms with Crippen LogP contribution in [0.4, 0.5) is 10.5 Å². The Hall–Kier alpha value is -2.12. The average molecular weight is 374 g/mol. The predicted molar refractivity (Wildman–Crippen MR) is 105 cm³/mol. The van der Waals surface area contributed by atoms with E-state index in [-0.39, 0.29) is 17.9 Å². The summed E-state index contributed by atoms with van der Waals surface area (Å²) in [5, 5.41) is 8.72. The van der Waals surface area contributed by atoms with Crippen molar-refractivity contribution in [1.29, 1.82) is 0 Å². The smallest absolute Gasteiger partial charge is 0.315 e. The molecule has 1 heterocycles. The number of urea groups is 1. The summed E-state index contributed by atoms with van der Waals surface area (Å²) in [6.07, 6.45) is 4.04. The fourth-order valence-corrected chi connectivity index (χ4v) is 3.25. The summed E-state index contributed by atoms with van der Waals surface area (Å²) in [6, 6.07) is 7.47. The third kappa shape index (κ3) is 6.52. The van der Waals surface area contributed by atoms with Gasteiger partial charge in [0.15, 0.2) is 0 Å². The van der Waals surface area contributed by atoms with Crippen LogP contribution in [-0.4, -0.2) is 56.2 Å². The summed E-state index contributed by atoms with van der Waals surface area (Å²) in [5.41, 5.74) is 1.75. The quantitative estimate of drug-likeness (QED) is 0.608. The standard InChI is InChI=1S/C20H30N4O3/c25-19(17-5-2-6-17)23-18-7-1-4-16(14-18)15-22-20(26)21-8-3-9-24-10-12-27-13-11-24/h1,4,7,14,17H,2-3,5-6,8-13,15H2,(H,23,25)(H2,21,22,26). The normalized spacial score (nSPS) is 17.8. The molecule has 0 unspecified atom stereocenters. The van der Waals surface area contributed by atoms with Crippen molar-refractivity contribution in [3.63, 3.8) is 0 Å². The fraction of sp³-hybridized carbons (Fsp3) is 0.600. The lowest BCUT2D eigenvalue weighted by Gasteiger charge is -2.26. The third-order valence-electron chi connectivity index (χ3n) is 5.16. The number of carbonyl (C=O) groups is 2. The molecule has 3 amide bonds. The molecular weight excluding hydrogens is 344 g/mol. The van der Waals surface area contributed by atoms with Gasteiger partial charge in [-0.3, -0.25) is 9.69 Å². The van der Waals surface area contributed by atoms with Gasteiger partial charge in [0.05, 0.1) is 13.2 Å². The maximum absolute atomic E-state index is 12.0. The second-order valence-electron chi connectivity index (χ2n) is 7.23. The maximum Gasteiger partial charge on any atom is 0.315 e. The molecule has 1 aromatic carbocycles. The Bertz CT molecular complexity index is 627. The summed E-state index contributed by atoms with van der Waals surface area (Å²) in [5.74, 6) is 0.263. The van der Waals surface area contributed by atoms with Crippen LogP contribution < -0.4 is 16.0 Å². The monoisotopic (exact) mass is 374 g/mol. The van der Waals surface area contributed by atoms with E-state index in [0.29, 0.717) is 13.1 Å². The van der Waals surface area contributed by atoms with Gasteiger partial charge in [-0.2, -0.15) is 0 Å². The van der Waals surface area contributed by atoms with Gasteiger partial charge >= 0.3 is 6.03 Å². The molecule has 1 saturated heterocycles. The Morgan fingerprint density at radius 1 is 1.15 bits per heavy atom. The van der Waals surface area contributed by atoms with Gasteiger partial charge in [0, 0.05) is 37.8 Å². The number of rotatable bonds is 8. The highest BCUT2D eigenvalue weighted by Crippen LogP contribution is 2.27. The molecule has 27 heavy (non-hydrogen) atoms. The van der Waals surface area contributed by atoms with Crippen molar-refractivity contribution in [2.24, 2.45) is 5.92 Å². The first-order valence-corrected chi connectivity index (χ1v) is 9.92. The predicted octanol–water partition coefficient (Wildman–Crippen LogP) is 1.95. The van der Waals surface area contributed by atoms with Crippen LogP contribution in [0.2, 0.25) is 0 Å². The minimum Gasteiger partial charge on any atom is -0.379 e. The van der Waals surface area contributed by atoms with Gasteiger partial charge in [-0.1, -0.05) is 18.6 Å². The Balaban J connectivity index is 1.32. The highest BCUT2D eigenvalue weighted by atomic mass is 16.5. The molecule has 0 atom stereocenters. The number of anilines is 1. The van der Waals surface area contributed by atoms with Crippen molar-refractivity contribution in [3.05, 3.63) is 29.8 Å². The Kier molecular flexibility index (Phi) is 7.47. The molecule has 0 bridgehead atoms. The van der Waals surface area contributed by atoms with Gasteiger partial charge in [0.2, 0.25) is 5.91 Å². The minimum absolute atomic E-state index is 0.101. The van der Waals surface area contributed by atoms with Crippen LogP contribution >= 0.6 is 0 Å². The average Bonchev–Trinajstić information content (AvgIpc) is 2.63. The number of nitrogens with one attached hydrogen (secondary N) is 3. The molecule has 2 fully saturated rings. The van der Waals surface area contributed by atoms with E-state index in [4.69, 9.17) is 4.74 Å². The highest BCUT2D eigenvalue weighted by Gasteiger charge is 2.25. The van der Waals surface area contributed by atoms with Gasteiger partial charge in [-0.25, -0.2) is 4.79 Å². The fourth-order valence-electron chi connectivity index (χ4n) is 3.25. The molecule has 148 valence electrons. The second-order valence-corrected chi connectivity index (χ2v) is 7.23. The molecule has 7 heteroatoms. The van der Waals surface area contributed by atoms with Crippen LogP contribution in [-0.2, 0) is 16.1 Å². The first-order valence-electron chi connectivity index (χ1n) is 9.92. The highest BCUT2D eigenvalue weighted by molar-refractivity contribution is 5.93. The van der Waals surface area contributed by atoms with E-state index in [1.165, 1.54) is 0 Å². The van der Waals surface area contributed by atoms with Gasteiger partial charge in [-0.05, 0) is 43.5 Å². The molecule has 0 aromatic heterocycles. The summed E-state index contributed by atoms with van der Waals surface area (Å²) >= 11 is 0. The first kappa shape index (κ1) is 19.6. The second kappa shape index (κ2) is 10.3. The first-order chi connectivity index (χ1) is 13.2. The number of carbonyl (C=O) groups excluding carboxylic acids is 2. The number of ether oxygens (including phenoxy) is 1.